The van der Waals surface area contributed by atoms with Gasteiger partial charge in [0.1, 0.15) is 21.8 Å². The molecule has 0 unspecified atom stereocenters. The van der Waals surface area contributed by atoms with E-state index in [1.165, 1.54) is 4.90 Å². The number of aromatic nitrogens is 1. The van der Waals surface area contributed by atoms with Crippen molar-refractivity contribution >= 4 is 52.1 Å². The molecule has 0 radical (unpaired) electrons. The summed E-state index contributed by atoms with van der Waals surface area (Å²) in [5, 5.41) is 18.6. The minimum Gasteiger partial charge on any atom is -0.481 e. The van der Waals surface area contributed by atoms with E-state index >= 15 is 0 Å². The van der Waals surface area contributed by atoms with Crippen LogP contribution in [0.5, 0.6) is 0 Å². The lowest BCUT2D eigenvalue weighted by Crippen LogP contribution is -2.48. The van der Waals surface area contributed by atoms with Crippen LogP contribution in [0.4, 0.5) is 5.82 Å². The number of likely N-dealkylation sites (N-methyl/N-ethyl adjacent to an activating group) is 1. The summed E-state index contributed by atoms with van der Waals surface area (Å²) in [5.41, 5.74) is 0.893. The van der Waals surface area contributed by atoms with Crippen molar-refractivity contribution < 1.29 is 14.7 Å². The maximum absolute atomic E-state index is 13.1. The first-order valence-electron chi connectivity index (χ1n) is 10.8. The molecule has 0 aliphatic carbocycles. The van der Waals surface area contributed by atoms with Crippen LogP contribution in [0.25, 0.3) is 6.08 Å². The zero-order chi connectivity index (χ0) is 24.3. The molecular weight excluding hydrogens is 462 g/mol. The molecule has 176 valence electrons. The predicted molar refractivity (Wildman–Crippen MR) is 132 cm³/mol. The maximum atomic E-state index is 13.1. The van der Waals surface area contributed by atoms with Crippen LogP contribution < -0.4 is 10.5 Å². The highest BCUT2D eigenvalue weighted by atomic mass is 32.2. The number of carboxylic acids is 1. The highest BCUT2D eigenvalue weighted by Gasteiger charge is 2.33. The summed E-state index contributed by atoms with van der Waals surface area (Å²) < 4.78 is 1.90. The average Bonchev–Trinajstić information content (AvgIpc) is 3.06. The molecule has 2 saturated heterocycles. The molecule has 1 amide bonds. The largest absolute Gasteiger partial charge is 0.481 e. The fourth-order valence-electron chi connectivity index (χ4n) is 4.09. The molecule has 0 spiro atoms. The van der Waals surface area contributed by atoms with Crippen LogP contribution >= 0.6 is 24.0 Å². The SMILES string of the molecule is CCN1CCN(c2c(/C=C3/SC(=S)N(CCC(=O)O)C3=O)c(C)c(C#N)c(=O)n2CC)CC1. The van der Waals surface area contributed by atoms with Gasteiger partial charge in [-0.25, -0.2) is 0 Å². The van der Waals surface area contributed by atoms with Crippen molar-refractivity contribution in [3.63, 3.8) is 0 Å². The minimum absolute atomic E-state index is 0.0000597. The molecule has 2 fully saturated rings. The number of rotatable bonds is 7. The first kappa shape index (κ1) is 25.0. The van der Waals surface area contributed by atoms with Gasteiger partial charge in [-0.15, -0.1) is 0 Å². The fraction of sp³-hybridized carbons (Fsp3) is 0.500. The van der Waals surface area contributed by atoms with E-state index < -0.39 is 5.97 Å². The van der Waals surface area contributed by atoms with Gasteiger partial charge < -0.3 is 14.9 Å². The second kappa shape index (κ2) is 10.5. The summed E-state index contributed by atoms with van der Waals surface area (Å²) in [6.07, 6.45) is 1.49. The Hall–Kier alpha value is -2.68. The summed E-state index contributed by atoms with van der Waals surface area (Å²) in [4.78, 5) is 43.1. The van der Waals surface area contributed by atoms with Crippen molar-refractivity contribution in [2.24, 2.45) is 0 Å². The molecule has 2 aliphatic heterocycles. The summed E-state index contributed by atoms with van der Waals surface area (Å²) >= 11 is 6.42. The van der Waals surface area contributed by atoms with Gasteiger partial charge >= 0.3 is 5.97 Å². The van der Waals surface area contributed by atoms with Gasteiger partial charge in [0.15, 0.2) is 0 Å². The first-order chi connectivity index (χ1) is 15.7. The van der Waals surface area contributed by atoms with E-state index in [-0.39, 0.29) is 30.0 Å². The minimum atomic E-state index is -1.01. The Morgan fingerprint density at radius 1 is 1.21 bits per heavy atom. The molecule has 2 aliphatic rings. The van der Waals surface area contributed by atoms with Crippen LogP contribution in [0, 0.1) is 18.3 Å². The van der Waals surface area contributed by atoms with Crippen molar-refractivity contribution in [1.29, 1.82) is 5.26 Å². The van der Waals surface area contributed by atoms with Gasteiger partial charge in [-0.2, -0.15) is 5.26 Å². The number of carbonyl (C=O) groups is 2. The van der Waals surface area contributed by atoms with Gasteiger partial charge in [0.25, 0.3) is 11.5 Å². The Kier molecular flexibility index (Phi) is 7.94. The molecule has 11 heteroatoms. The highest BCUT2D eigenvalue weighted by Crippen LogP contribution is 2.36. The zero-order valence-electron chi connectivity index (χ0n) is 19.0. The van der Waals surface area contributed by atoms with E-state index in [0.717, 1.165) is 44.5 Å². The van der Waals surface area contributed by atoms with Gasteiger partial charge in [0, 0.05) is 44.8 Å². The number of anilines is 1. The van der Waals surface area contributed by atoms with Crippen LogP contribution in [0.15, 0.2) is 9.70 Å². The molecule has 33 heavy (non-hydrogen) atoms. The average molecular weight is 490 g/mol. The summed E-state index contributed by atoms with van der Waals surface area (Å²) in [6.45, 7) is 10.2. The lowest BCUT2D eigenvalue weighted by Gasteiger charge is -2.37. The van der Waals surface area contributed by atoms with E-state index in [2.05, 4.69) is 16.7 Å². The smallest absolute Gasteiger partial charge is 0.305 e. The second-order valence-electron chi connectivity index (χ2n) is 7.80. The van der Waals surface area contributed by atoms with Crippen molar-refractivity contribution in [1.82, 2.24) is 14.4 Å². The van der Waals surface area contributed by atoms with Gasteiger partial charge in [0.05, 0.1) is 11.3 Å². The number of amides is 1. The van der Waals surface area contributed by atoms with Gasteiger partial charge in [-0.3, -0.25) is 23.9 Å². The number of aliphatic carboxylic acids is 1. The molecule has 0 atom stereocenters. The third kappa shape index (κ3) is 4.98. The number of hydrogen-bond donors (Lipinski definition) is 1. The third-order valence-corrected chi connectivity index (χ3v) is 7.36. The molecule has 0 saturated carbocycles. The summed E-state index contributed by atoms with van der Waals surface area (Å²) in [7, 11) is 0. The number of hydrogen-bond acceptors (Lipinski definition) is 8. The lowest BCUT2D eigenvalue weighted by molar-refractivity contribution is -0.137. The van der Waals surface area contributed by atoms with E-state index in [1.807, 2.05) is 13.0 Å². The standard InChI is InChI=1S/C22H27N5O4S2/c1-4-24-8-10-25(11-9-24)19-15(14(3)16(13-23)20(30)26(19)5-2)12-17-21(31)27(22(32)33-17)7-6-18(28)29/h12H,4-11H2,1-3H3,(H,28,29)/b17-12+. The zero-order valence-corrected chi connectivity index (χ0v) is 20.6. The van der Waals surface area contributed by atoms with Crippen LogP contribution in [0.2, 0.25) is 0 Å². The summed E-state index contributed by atoms with van der Waals surface area (Å²) in [6, 6.07) is 2.03. The van der Waals surface area contributed by atoms with Crippen molar-refractivity contribution in [3.8, 4) is 6.07 Å². The molecule has 1 aromatic heterocycles. The Morgan fingerprint density at radius 3 is 2.42 bits per heavy atom. The van der Waals surface area contributed by atoms with Gasteiger partial charge in [-0.1, -0.05) is 30.9 Å². The van der Waals surface area contributed by atoms with Gasteiger partial charge in [0.2, 0.25) is 0 Å². The Bertz CT molecular complexity index is 1110. The number of carboxylic acid groups (broad SMARTS) is 1. The number of piperazine rings is 1. The van der Waals surface area contributed by atoms with E-state index in [9.17, 15) is 19.6 Å². The predicted octanol–water partition coefficient (Wildman–Crippen LogP) is 1.87. The number of thioether (sulfide) groups is 1. The Morgan fingerprint density at radius 2 is 1.88 bits per heavy atom. The number of nitrogens with zero attached hydrogens (tertiary/aromatic N) is 5. The molecule has 9 nitrogen and oxygen atoms in total. The number of pyridine rings is 1. The Balaban J connectivity index is 2.12. The number of nitriles is 1. The first-order valence-corrected chi connectivity index (χ1v) is 12.1. The molecule has 3 heterocycles. The van der Waals surface area contributed by atoms with Crippen LogP contribution in [-0.4, -0.2) is 74.9 Å². The van der Waals surface area contributed by atoms with Crippen LogP contribution in [0.1, 0.15) is 37.0 Å². The van der Waals surface area contributed by atoms with Gasteiger partial charge in [-0.05, 0) is 32.0 Å². The Labute approximate surface area is 202 Å². The molecule has 1 N–H and O–H groups in total. The number of carbonyl (C=O) groups excluding carboxylic acids is 1. The molecule has 0 bridgehead atoms. The van der Waals surface area contributed by atoms with E-state index in [4.69, 9.17) is 17.3 Å². The monoisotopic (exact) mass is 489 g/mol. The third-order valence-electron chi connectivity index (χ3n) is 5.98. The van der Waals surface area contributed by atoms with Crippen LogP contribution in [-0.2, 0) is 16.1 Å². The summed E-state index contributed by atoms with van der Waals surface area (Å²) in [5.74, 6) is -0.670. The van der Waals surface area contributed by atoms with Crippen molar-refractivity contribution in [3.05, 3.63) is 31.9 Å². The number of thiocarbonyl (C=S) groups is 1. The van der Waals surface area contributed by atoms with E-state index in [0.29, 0.717) is 32.7 Å². The maximum Gasteiger partial charge on any atom is 0.305 e. The van der Waals surface area contributed by atoms with Crippen molar-refractivity contribution in [2.45, 2.75) is 33.7 Å². The van der Waals surface area contributed by atoms with Crippen LogP contribution in [0.3, 0.4) is 0 Å². The highest BCUT2D eigenvalue weighted by molar-refractivity contribution is 8.26. The normalized spacial score (nSPS) is 18.3. The molecule has 0 aromatic carbocycles. The quantitative estimate of drug-likeness (QED) is 0.453. The topological polar surface area (TPSA) is 110 Å². The van der Waals surface area contributed by atoms with Crippen molar-refractivity contribution in [2.75, 3.05) is 44.2 Å². The molecule has 1 aromatic rings. The van der Waals surface area contributed by atoms with E-state index in [1.54, 1.807) is 17.6 Å². The fourth-order valence-corrected chi connectivity index (χ4v) is 5.38. The molecular formula is C22H27N5O4S2. The lowest BCUT2D eigenvalue weighted by atomic mass is 10.0. The second-order valence-corrected chi connectivity index (χ2v) is 9.47. The molecule has 3 rings (SSSR count).